The number of aromatic nitrogens is 4. The predicted molar refractivity (Wildman–Crippen MR) is 85.0 cm³/mol. The molecule has 112 valence electrons. The van der Waals surface area contributed by atoms with Crippen molar-refractivity contribution in [2.75, 3.05) is 0 Å². The Labute approximate surface area is 134 Å². The molecule has 0 amide bonds. The van der Waals surface area contributed by atoms with Gasteiger partial charge in [-0.05, 0) is 38.3 Å². The van der Waals surface area contributed by atoms with Crippen molar-refractivity contribution in [3.05, 3.63) is 45.2 Å². The second kappa shape index (κ2) is 5.85. The minimum Gasteiger partial charge on any atom is -0.240 e. The second-order valence-corrected chi connectivity index (χ2v) is 6.63. The lowest BCUT2D eigenvalue weighted by Crippen LogP contribution is -2.24. The van der Waals surface area contributed by atoms with Gasteiger partial charge < -0.3 is 0 Å². The van der Waals surface area contributed by atoms with Crippen LogP contribution in [0.1, 0.15) is 56.3 Å². The lowest BCUT2D eigenvalue weighted by atomic mass is 9.84. The van der Waals surface area contributed by atoms with Crippen molar-refractivity contribution in [3.8, 4) is 0 Å². The monoisotopic (exact) mass is 324 g/mol. The molecule has 0 bridgehead atoms. The molecular formula is C15H18Cl2N4. The van der Waals surface area contributed by atoms with Crippen molar-refractivity contribution in [2.45, 2.75) is 46.0 Å². The molecule has 21 heavy (non-hydrogen) atoms. The molecule has 6 heteroatoms. The van der Waals surface area contributed by atoms with Crippen LogP contribution < -0.4 is 0 Å². The normalized spacial score (nSPS) is 12.0. The maximum Gasteiger partial charge on any atom is 0.156 e. The Bertz CT molecular complexity index is 669. The lowest BCUT2D eigenvalue weighted by Gasteiger charge is -2.25. The fourth-order valence-corrected chi connectivity index (χ4v) is 2.73. The average Bonchev–Trinajstić information content (AvgIpc) is 2.40. The molecule has 0 saturated heterocycles. The first-order valence-corrected chi connectivity index (χ1v) is 7.52. The fourth-order valence-electron chi connectivity index (χ4n) is 2.26. The van der Waals surface area contributed by atoms with E-state index in [0.717, 1.165) is 16.8 Å². The van der Waals surface area contributed by atoms with E-state index in [1.54, 1.807) is 6.07 Å². The molecule has 2 aromatic rings. The SMILES string of the molecule is Cc1nc(C(C)(C)c2cc(Cl)nnc2Cl)ncc1C(C)C. The van der Waals surface area contributed by atoms with E-state index in [2.05, 4.69) is 34.0 Å². The molecule has 0 N–H and O–H groups in total. The maximum atomic E-state index is 6.16. The molecule has 0 aromatic carbocycles. The van der Waals surface area contributed by atoms with Gasteiger partial charge in [0.05, 0.1) is 5.41 Å². The van der Waals surface area contributed by atoms with Gasteiger partial charge in [0.25, 0.3) is 0 Å². The van der Waals surface area contributed by atoms with Crippen molar-refractivity contribution in [1.29, 1.82) is 0 Å². The van der Waals surface area contributed by atoms with Gasteiger partial charge in [0, 0.05) is 17.5 Å². The zero-order chi connectivity index (χ0) is 15.8. The largest absolute Gasteiger partial charge is 0.240 e. The van der Waals surface area contributed by atoms with E-state index in [0.29, 0.717) is 22.0 Å². The van der Waals surface area contributed by atoms with Crippen molar-refractivity contribution in [2.24, 2.45) is 0 Å². The van der Waals surface area contributed by atoms with E-state index in [1.165, 1.54) is 0 Å². The van der Waals surface area contributed by atoms with Gasteiger partial charge in [-0.2, -0.15) is 0 Å². The first-order valence-electron chi connectivity index (χ1n) is 6.76. The predicted octanol–water partition coefficient (Wildman–Crippen LogP) is 4.33. The molecule has 2 rings (SSSR count). The lowest BCUT2D eigenvalue weighted by molar-refractivity contribution is 0.579. The highest BCUT2D eigenvalue weighted by molar-refractivity contribution is 6.31. The van der Waals surface area contributed by atoms with Crippen molar-refractivity contribution >= 4 is 23.2 Å². The molecule has 0 unspecified atom stereocenters. The van der Waals surface area contributed by atoms with Crippen molar-refractivity contribution < 1.29 is 0 Å². The summed E-state index contributed by atoms with van der Waals surface area (Å²) in [4.78, 5) is 9.17. The van der Waals surface area contributed by atoms with E-state index in [-0.39, 0.29) is 0 Å². The first-order chi connectivity index (χ1) is 9.73. The van der Waals surface area contributed by atoms with Crippen LogP contribution in [0, 0.1) is 6.92 Å². The molecule has 2 heterocycles. The van der Waals surface area contributed by atoms with E-state index in [9.17, 15) is 0 Å². The molecule has 0 aliphatic rings. The highest BCUT2D eigenvalue weighted by Gasteiger charge is 2.30. The Morgan fingerprint density at radius 2 is 1.81 bits per heavy atom. The van der Waals surface area contributed by atoms with E-state index in [1.807, 2.05) is 27.0 Å². The minimum absolute atomic E-state index is 0.304. The summed E-state index contributed by atoms with van der Waals surface area (Å²) in [6, 6.07) is 1.71. The van der Waals surface area contributed by atoms with Crippen LogP contribution in [0.5, 0.6) is 0 Å². The van der Waals surface area contributed by atoms with Gasteiger partial charge in [-0.3, -0.25) is 0 Å². The average molecular weight is 325 g/mol. The van der Waals surface area contributed by atoms with Gasteiger partial charge in [0.2, 0.25) is 0 Å². The van der Waals surface area contributed by atoms with Crippen LogP contribution in [0.2, 0.25) is 10.3 Å². The summed E-state index contributed by atoms with van der Waals surface area (Å²) >= 11 is 12.1. The molecule has 0 radical (unpaired) electrons. The molecule has 2 aromatic heterocycles. The standard InChI is InChI=1S/C15H18Cl2N4/c1-8(2)10-7-18-14(19-9(10)3)15(4,5)11-6-12(16)20-21-13(11)17/h6-8H,1-5H3. The Morgan fingerprint density at radius 3 is 2.38 bits per heavy atom. The summed E-state index contributed by atoms with van der Waals surface area (Å²) in [5.41, 5.74) is 2.39. The van der Waals surface area contributed by atoms with Crippen LogP contribution >= 0.6 is 23.2 Å². The highest BCUT2D eigenvalue weighted by Crippen LogP contribution is 2.34. The zero-order valence-corrected chi connectivity index (χ0v) is 14.3. The zero-order valence-electron chi connectivity index (χ0n) is 12.8. The number of hydrogen-bond acceptors (Lipinski definition) is 4. The summed E-state index contributed by atoms with van der Waals surface area (Å²) in [7, 11) is 0. The summed E-state index contributed by atoms with van der Waals surface area (Å²) in [5, 5.41) is 8.23. The number of rotatable bonds is 3. The second-order valence-electron chi connectivity index (χ2n) is 5.89. The molecule has 4 nitrogen and oxygen atoms in total. The van der Waals surface area contributed by atoms with Gasteiger partial charge in [-0.15, -0.1) is 10.2 Å². The quantitative estimate of drug-likeness (QED) is 0.843. The molecule has 0 atom stereocenters. The third-order valence-electron chi connectivity index (χ3n) is 3.59. The van der Waals surface area contributed by atoms with Gasteiger partial charge in [-0.25, -0.2) is 9.97 Å². The van der Waals surface area contributed by atoms with Crippen LogP contribution in [0.25, 0.3) is 0 Å². The van der Waals surface area contributed by atoms with Crippen LogP contribution in [0.4, 0.5) is 0 Å². The molecule has 0 aliphatic carbocycles. The highest BCUT2D eigenvalue weighted by atomic mass is 35.5. The Hall–Kier alpha value is -1.26. The Balaban J connectivity index is 2.53. The summed E-state index contributed by atoms with van der Waals surface area (Å²) < 4.78 is 0. The molecular weight excluding hydrogens is 307 g/mol. The molecule has 0 fully saturated rings. The molecule has 0 spiro atoms. The Kier molecular flexibility index (Phi) is 4.49. The third-order valence-corrected chi connectivity index (χ3v) is 4.05. The van der Waals surface area contributed by atoms with Crippen LogP contribution in [0.3, 0.4) is 0 Å². The summed E-state index contributed by atoms with van der Waals surface area (Å²) in [6.45, 7) is 10.2. The third kappa shape index (κ3) is 3.16. The van der Waals surface area contributed by atoms with E-state index in [4.69, 9.17) is 23.2 Å². The topological polar surface area (TPSA) is 51.6 Å². The van der Waals surface area contributed by atoms with E-state index < -0.39 is 5.41 Å². The van der Waals surface area contributed by atoms with Crippen LogP contribution in [-0.2, 0) is 5.41 Å². The number of aryl methyl sites for hydroxylation is 1. The van der Waals surface area contributed by atoms with Gasteiger partial charge >= 0.3 is 0 Å². The fraction of sp³-hybridized carbons (Fsp3) is 0.467. The Morgan fingerprint density at radius 1 is 1.14 bits per heavy atom. The van der Waals surface area contributed by atoms with Gasteiger partial charge in [-0.1, -0.05) is 37.0 Å². The molecule has 0 saturated carbocycles. The molecule has 0 aliphatic heterocycles. The van der Waals surface area contributed by atoms with E-state index >= 15 is 0 Å². The number of hydrogen-bond donors (Lipinski definition) is 0. The summed E-state index contributed by atoms with van der Waals surface area (Å²) in [6.07, 6.45) is 1.88. The number of nitrogens with zero attached hydrogens (tertiary/aromatic N) is 4. The van der Waals surface area contributed by atoms with Crippen molar-refractivity contribution in [3.63, 3.8) is 0 Å². The van der Waals surface area contributed by atoms with Crippen LogP contribution in [0.15, 0.2) is 12.3 Å². The summed E-state index contributed by atoms with van der Waals surface area (Å²) in [5.74, 6) is 1.08. The minimum atomic E-state index is -0.503. The van der Waals surface area contributed by atoms with Gasteiger partial charge in [0.1, 0.15) is 5.82 Å². The number of halogens is 2. The van der Waals surface area contributed by atoms with Crippen molar-refractivity contribution in [1.82, 2.24) is 20.2 Å². The first kappa shape index (κ1) is 16.1. The van der Waals surface area contributed by atoms with Crippen LogP contribution in [-0.4, -0.2) is 20.2 Å². The maximum absolute atomic E-state index is 6.16. The van der Waals surface area contributed by atoms with Gasteiger partial charge in [0.15, 0.2) is 10.3 Å². The smallest absolute Gasteiger partial charge is 0.156 e.